The first-order valence-corrected chi connectivity index (χ1v) is 6.72. The Hall–Kier alpha value is -3.08. The molecular formula is C17H13N2O3-. The lowest BCUT2D eigenvalue weighted by Crippen LogP contribution is -1.99. The average molecular weight is 293 g/mol. The lowest BCUT2D eigenvalue weighted by Gasteiger charge is -2.13. The fourth-order valence-corrected chi connectivity index (χ4v) is 2.32. The molecule has 0 aliphatic rings. The number of carboxylic acid groups (broad SMARTS) is 1. The Bertz CT molecular complexity index is 875. The van der Waals surface area contributed by atoms with Crippen LogP contribution in [-0.4, -0.2) is 16.1 Å². The van der Waals surface area contributed by atoms with Crippen LogP contribution in [0.4, 0.5) is 11.4 Å². The van der Waals surface area contributed by atoms with Gasteiger partial charge < -0.3 is 15.5 Å². The highest BCUT2D eigenvalue weighted by molar-refractivity contribution is 5.99. The number of aromatic nitrogens is 1. The second-order valence-electron chi connectivity index (χ2n) is 5.00. The normalized spacial score (nSPS) is 10.6. The van der Waals surface area contributed by atoms with Crippen molar-refractivity contribution in [2.45, 2.75) is 6.92 Å². The van der Waals surface area contributed by atoms with Crippen molar-refractivity contribution in [1.82, 2.24) is 4.98 Å². The average Bonchev–Trinajstić information content (AvgIpc) is 2.46. The number of hydrogen-bond acceptors (Lipinski definition) is 4. The number of fused-ring (bicyclic) bond motifs is 1. The van der Waals surface area contributed by atoms with Crippen LogP contribution >= 0.6 is 0 Å². The number of aryl methyl sites for hydroxylation is 1. The van der Waals surface area contributed by atoms with Crippen molar-refractivity contribution < 1.29 is 15.0 Å². The van der Waals surface area contributed by atoms with Crippen molar-refractivity contribution in [2.24, 2.45) is 0 Å². The Balaban J connectivity index is 2.14. The molecule has 1 aromatic heterocycles. The number of carbonyl (C=O) groups is 1. The first-order valence-electron chi connectivity index (χ1n) is 6.72. The van der Waals surface area contributed by atoms with E-state index in [1.807, 2.05) is 13.0 Å². The molecule has 0 unspecified atom stereocenters. The molecule has 110 valence electrons. The molecule has 0 aliphatic heterocycles. The molecule has 2 aromatic carbocycles. The van der Waals surface area contributed by atoms with Crippen molar-refractivity contribution in [3.63, 3.8) is 0 Å². The highest BCUT2D eigenvalue weighted by Crippen LogP contribution is 2.28. The zero-order valence-corrected chi connectivity index (χ0v) is 11.8. The summed E-state index contributed by atoms with van der Waals surface area (Å²) in [6, 6.07) is 13.0. The molecule has 2 N–H and O–H groups in total. The number of nitrogens with zero attached hydrogens (tertiary/aromatic N) is 1. The van der Waals surface area contributed by atoms with E-state index in [1.54, 1.807) is 24.3 Å². The van der Waals surface area contributed by atoms with Gasteiger partial charge in [-0.2, -0.15) is 0 Å². The number of hydrogen-bond donors (Lipinski definition) is 2. The number of nitrogens with one attached hydrogen (secondary N) is 1. The van der Waals surface area contributed by atoms with Crippen LogP contribution in [-0.2, 0) is 0 Å². The Morgan fingerprint density at radius 1 is 1.18 bits per heavy atom. The summed E-state index contributed by atoms with van der Waals surface area (Å²) >= 11 is 0. The van der Waals surface area contributed by atoms with Gasteiger partial charge in [0.15, 0.2) is 0 Å². The molecule has 1 heterocycles. The van der Waals surface area contributed by atoms with Crippen LogP contribution in [0.2, 0.25) is 0 Å². The van der Waals surface area contributed by atoms with E-state index in [2.05, 4.69) is 10.3 Å². The molecule has 22 heavy (non-hydrogen) atoms. The van der Waals surface area contributed by atoms with Crippen molar-refractivity contribution in [2.75, 3.05) is 5.32 Å². The van der Waals surface area contributed by atoms with E-state index >= 15 is 0 Å². The van der Waals surface area contributed by atoms with E-state index in [0.29, 0.717) is 16.6 Å². The molecule has 0 radical (unpaired) electrons. The fourth-order valence-electron chi connectivity index (χ4n) is 2.32. The van der Waals surface area contributed by atoms with Gasteiger partial charge in [-0.05, 0) is 43.3 Å². The predicted molar refractivity (Wildman–Crippen MR) is 82.6 cm³/mol. The van der Waals surface area contributed by atoms with Gasteiger partial charge in [0.1, 0.15) is 0 Å². The van der Waals surface area contributed by atoms with Gasteiger partial charge >= 0.3 is 5.97 Å². The lowest BCUT2D eigenvalue weighted by molar-refractivity contribution is -0.268. The monoisotopic (exact) mass is 293 g/mol. The molecule has 0 spiro atoms. The summed E-state index contributed by atoms with van der Waals surface area (Å²) in [4.78, 5) is 15.5. The van der Waals surface area contributed by atoms with Gasteiger partial charge in [-0.1, -0.05) is 12.1 Å². The van der Waals surface area contributed by atoms with E-state index in [-0.39, 0.29) is 11.3 Å². The summed E-state index contributed by atoms with van der Waals surface area (Å²) in [5.41, 5.74) is 3.07. The molecule has 3 aromatic rings. The summed E-state index contributed by atoms with van der Waals surface area (Å²) in [6.45, 7) is 1.86. The van der Waals surface area contributed by atoms with Crippen molar-refractivity contribution in [3.05, 3.63) is 59.8 Å². The second-order valence-corrected chi connectivity index (χ2v) is 5.00. The van der Waals surface area contributed by atoms with E-state index in [1.165, 1.54) is 18.2 Å². The third-order valence-electron chi connectivity index (χ3n) is 3.30. The van der Waals surface area contributed by atoms with Crippen LogP contribution in [0.15, 0.2) is 48.5 Å². The van der Waals surface area contributed by atoms with Gasteiger partial charge in [0, 0.05) is 22.5 Å². The number of anilines is 2. The summed E-state index contributed by atoms with van der Waals surface area (Å²) in [5.74, 6) is -1.08. The summed E-state index contributed by atoms with van der Waals surface area (Å²) in [7, 11) is 0. The fraction of sp³-hybridized carbons (Fsp3) is 0.0588. The summed E-state index contributed by atoms with van der Waals surface area (Å²) < 4.78 is 0. The molecule has 5 nitrogen and oxygen atoms in total. The van der Waals surface area contributed by atoms with Gasteiger partial charge in [-0.3, -0.25) is 4.98 Å². The van der Waals surface area contributed by atoms with E-state index in [4.69, 9.17) is 5.11 Å². The molecule has 5 heteroatoms. The van der Waals surface area contributed by atoms with Gasteiger partial charge in [-0.25, -0.2) is 4.79 Å². The van der Waals surface area contributed by atoms with Crippen LogP contribution in [0.1, 0.15) is 16.1 Å². The molecule has 0 aliphatic carbocycles. The highest BCUT2D eigenvalue weighted by atomic mass is 16.4. The highest BCUT2D eigenvalue weighted by Gasteiger charge is 2.09. The largest absolute Gasteiger partial charge is 0.872 e. The van der Waals surface area contributed by atoms with Gasteiger partial charge in [0.05, 0.1) is 11.1 Å². The minimum absolute atomic E-state index is 0.0914. The number of aromatic carboxylic acids is 1. The van der Waals surface area contributed by atoms with Gasteiger partial charge in [0.25, 0.3) is 0 Å². The third kappa shape index (κ3) is 2.69. The lowest BCUT2D eigenvalue weighted by atomic mass is 10.1. The Kier molecular flexibility index (Phi) is 3.39. The van der Waals surface area contributed by atoms with Crippen LogP contribution in [0.3, 0.4) is 0 Å². The maximum absolute atomic E-state index is 11.4. The van der Waals surface area contributed by atoms with E-state index in [0.717, 1.165) is 11.4 Å². The number of benzene rings is 2. The van der Waals surface area contributed by atoms with E-state index < -0.39 is 5.97 Å². The number of pyridine rings is 1. The molecule has 3 rings (SSSR count). The Labute approximate surface area is 126 Å². The smallest absolute Gasteiger partial charge is 0.335 e. The third-order valence-corrected chi connectivity index (χ3v) is 3.30. The van der Waals surface area contributed by atoms with Crippen LogP contribution in [0.25, 0.3) is 10.9 Å². The first-order chi connectivity index (χ1) is 10.5. The summed E-state index contributed by atoms with van der Waals surface area (Å²) in [6.07, 6.45) is 0. The molecule has 0 amide bonds. The van der Waals surface area contributed by atoms with Gasteiger partial charge in [0.2, 0.25) is 0 Å². The Morgan fingerprint density at radius 2 is 2.00 bits per heavy atom. The maximum atomic E-state index is 11.4. The van der Waals surface area contributed by atoms with Crippen molar-refractivity contribution in [1.29, 1.82) is 0 Å². The molecular weight excluding hydrogens is 280 g/mol. The van der Waals surface area contributed by atoms with E-state index in [9.17, 15) is 9.90 Å². The molecule has 0 bridgehead atoms. The predicted octanol–water partition coefficient (Wildman–Crippen LogP) is 3.06. The quantitative estimate of drug-likeness (QED) is 0.775. The van der Waals surface area contributed by atoms with Crippen LogP contribution < -0.4 is 10.4 Å². The standard InChI is InChI=1S/C17H14N2O3/c1-10-7-16(19-12-3-2-4-13(20)9-12)14-8-11(17(21)22)5-6-15(14)18-10/h2-9,20H,1H3,(H,18,19)(H,21,22)/p-1. The Morgan fingerprint density at radius 3 is 2.73 bits per heavy atom. The molecule has 0 fully saturated rings. The van der Waals surface area contributed by atoms with Gasteiger partial charge in [-0.15, -0.1) is 5.75 Å². The SMILES string of the molecule is Cc1cc(Nc2cccc([O-])c2)c2cc(C(=O)O)ccc2n1. The molecule has 0 atom stereocenters. The molecule has 0 saturated heterocycles. The summed E-state index contributed by atoms with van der Waals surface area (Å²) in [5, 5.41) is 24.4. The molecule has 0 saturated carbocycles. The minimum Gasteiger partial charge on any atom is -0.872 e. The number of rotatable bonds is 3. The maximum Gasteiger partial charge on any atom is 0.335 e. The second kappa shape index (κ2) is 5.37. The topological polar surface area (TPSA) is 85.3 Å². The van der Waals surface area contributed by atoms with Crippen molar-refractivity contribution >= 4 is 28.2 Å². The van der Waals surface area contributed by atoms with Crippen LogP contribution in [0, 0.1) is 6.92 Å². The zero-order valence-electron chi connectivity index (χ0n) is 11.8. The van der Waals surface area contributed by atoms with Crippen LogP contribution in [0.5, 0.6) is 5.75 Å². The minimum atomic E-state index is -0.991. The van der Waals surface area contributed by atoms with Crippen molar-refractivity contribution in [3.8, 4) is 5.75 Å². The number of carboxylic acids is 1. The first kappa shape index (κ1) is 13.9. The zero-order chi connectivity index (χ0) is 15.7.